The van der Waals surface area contributed by atoms with Gasteiger partial charge < -0.3 is 24.8 Å². The molecule has 25 heavy (non-hydrogen) atoms. The second-order valence-electron chi connectivity index (χ2n) is 5.04. The maximum absolute atomic E-state index is 13.5. The highest BCUT2D eigenvalue weighted by Gasteiger charge is 2.28. The molecule has 1 heterocycles. The Bertz CT molecular complexity index is 1180. The lowest BCUT2D eigenvalue weighted by molar-refractivity contribution is 0.436. The molecule has 0 radical (unpaired) electrons. The van der Waals surface area contributed by atoms with E-state index in [9.17, 15) is 37.5 Å². The second-order valence-corrected chi connectivity index (χ2v) is 6.32. The quantitative estimate of drug-likeness (QED) is 0.502. The fourth-order valence-corrected chi connectivity index (χ4v) is 3.16. The fraction of sp³-hybridized carbons (Fsp3) is 0. The van der Waals surface area contributed by atoms with E-state index in [0.29, 0.717) is 0 Å². The van der Waals surface area contributed by atoms with E-state index in [4.69, 9.17) is 4.42 Å². The van der Waals surface area contributed by atoms with Gasteiger partial charge in [-0.1, -0.05) is 6.07 Å². The van der Waals surface area contributed by atoms with Gasteiger partial charge in [0.05, 0.1) is 0 Å². The third kappa shape index (κ3) is 2.62. The molecule has 0 aliphatic carbocycles. The Labute approximate surface area is 138 Å². The molecule has 0 unspecified atom stereocenters. The maximum atomic E-state index is 13.5. The molecule has 0 saturated heterocycles. The summed E-state index contributed by atoms with van der Waals surface area (Å²) in [5, 5.41) is 38.4. The Balaban J connectivity index is 2.49. The van der Waals surface area contributed by atoms with Crippen molar-refractivity contribution in [2.75, 3.05) is 0 Å². The zero-order chi connectivity index (χ0) is 18.5. The molecule has 130 valence electrons. The average Bonchev–Trinajstić information content (AvgIpc) is 2.48. The first-order valence-electron chi connectivity index (χ1n) is 6.60. The standard InChI is InChI=1S/C15H9FO8S/c16-25(22,23)15-7(2-1-3-8(15)18)14-13(21)12(20)11-9(19)4-6(17)5-10(11)24-14/h1-5,17-19,21H. The van der Waals surface area contributed by atoms with Crippen LogP contribution < -0.4 is 5.43 Å². The van der Waals surface area contributed by atoms with Crippen molar-refractivity contribution >= 4 is 21.2 Å². The molecule has 0 fully saturated rings. The summed E-state index contributed by atoms with van der Waals surface area (Å²) in [6.07, 6.45) is 0. The van der Waals surface area contributed by atoms with Crippen molar-refractivity contribution in [3.8, 4) is 34.3 Å². The molecule has 1 aromatic heterocycles. The van der Waals surface area contributed by atoms with E-state index in [1.165, 1.54) is 0 Å². The number of hydrogen-bond acceptors (Lipinski definition) is 8. The van der Waals surface area contributed by atoms with E-state index in [1.54, 1.807) is 0 Å². The third-order valence-corrected chi connectivity index (χ3v) is 4.33. The summed E-state index contributed by atoms with van der Waals surface area (Å²) >= 11 is 0. The van der Waals surface area contributed by atoms with Crippen LogP contribution in [0, 0.1) is 0 Å². The van der Waals surface area contributed by atoms with Gasteiger partial charge in [0.25, 0.3) is 0 Å². The average molecular weight is 368 g/mol. The number of fused-ring (bicyclic) bond motifs is 1. The van der Waals surface area contributed by atoms with Crippen molar-refractivity contribution in [1.82, 2.24) is 0 Å². The van der Waals surface area contributed by atoms with Gasteiger partial charge in [-0.3, -0.25) is 4.79 Å². The minimum atomic E-state index is -5.43. The van der Waals surface area contributed by atoms with E-state index < -0.39 is 60.3 Å². The lowest BCUT2D eigenvalue weighted by atomic mass is 10.1. The topological polar surface area (TPSA) is 145 Å². The Morgan fingerprint density at radius 3 is 2.32 bits per heavy atom. The molecule has 10 heteroatoms. The summed E-state index contributed by atoms with van der Waals surface area (Å²) in [6.45, 7) is 0. The highest BCUT2D eigenvalue weighted by atomic mass is 32.3. The molecule has 0 spiro atoms. The van der Waals surface area contributed by atoms with Crippen LogP contribution in [0.5, 0.6) is 23.0 Å². The Kier molecular flexibility index (Phi) is 3.57. The van der Waals surface area contributed by atoms with Gasteiger partial charge in [-0.25, -0.2) is 0 Å². The first-order valence-corrected chi connectivity index (χ1v) is 7.98. The number of benzene rings is 2. The van der Waals surface area contributed by atoms with E-state index >= 15 is 0 Å². The van der Waals surface area contributed by atoms with Crippen molar-refractivity contribution in [1.29, 1.82) is 0 Å². The molecule has 4 N–H and O–H groups in total. The van der Waals surface area contributed by atoms with Crippen LogP contribution in [-0.4, -0.2) is 28.8 Å². The highest BCUT2D eigenvalue weighted by molar-refractivity contribution is 7.86. The van der Waals surface area contributed by atoms with Crippen LogP contribution in [0.25, 0.3) is 22.3 Å². The molecule has 0 amide bonds. The minimum Gasteiger partial charge on any atom is -0.508 e. The molecule has 0 aliphatic heterocycles. The van der Waals surface area contributed by atoms with Gasteiger partial charge in [-0.05, 0) is 12.1 Å². The van der Waals surface area contributed by atoms with Crippen molar-refractivity contribution in [2.45, 2.75) is 4.90 Å². The van der Waals surface area contributed by atoms with Crippen molar-refractivity contribution in [3.05, 3.63) is 40.6 Å². The zero-order valence-electron chi connectivity index (χ0n) is 12.1. The number of hydrogen-bond donors (Lipinski definition) is 4. The smallest absolute Gasteiger partial charge is 0.336 e. The number of phenols is 3. The zero-order valence-corrected chi connectivity index (χ0v) is 12.9. The first-order chi connectivity index (χ1) is 11.6. The number of halogens is 1. The number of aromatic hydroxyl groups is 4. The van der Waals surface area contributed by atoms with Gasteiger partial charge in [-0.15, -0.1) is 3.89 Å². The molecular formula is C15H9FO8S. The molecular weight excluding hydrogens is 359 g/mol. The molecule has 3 aromatic rings. The molecule has 0 atom stereocenters. The van der Waals surface area contributed by atoms with Crippen LogP contribution in [0.3, 0.4) is 0 Å². The number of phenolic OH excluding ortho intramolecular Hbond substituents is 3. The van der Waals surface area contributed by atoms with Crippen LogP contribution in [-0.2, 0) is 10.2 Å². The van der Waals surface area contributed by atoms with Gasteiger partial charge >= 0.3 is 10.2 Å². The normalized spacial score (nSPS) is 11.7. The summed E-state index contributed by atoms with van der Waals surface area (Å²) in [7, 11) is -5.43. The van der Waals surface area contributed by atoms with Crippen LogP contribution >= 0.6 is 0 Å². The second kappa shape index (κ2) is 5.38. The lowest BCUT2D eigenvalue weighted by Crippen LogP contribution is -2.04. The summed E-state index contributed by atoms with van der Waals surface area (Å²) in [4.78, 5) is 11.0. The van der Waals surface area contributed by atoms with Crippen LogP contribution in [0.1, 0.15) is 0 Å². The molecule has 3 rings (SSSR count). The van der Waals surface area contributed by atoms with E-state index in [2.05, 4.69) is 0 Å². The highest BCUT2D eigenvalue weighted by Crippen LogP contribution is 2.40. The minimum absolute atomic E-state index is 0.388. The summed E-state index contributed by atoms with van der Waals surface area (Å²) in [5.74, 6) is -3.97. The fourth-order valence-electron chi connectivity index (χ4n) is 2.42. The van der Waals surface area contributed by atoms with Gasteiger partial charge in [-0.2, -0.15) is 8.42 Å². The van der Waals surface area contributed by atoms with Gasteiger partial charge in [0, 0.05) is 17.7 Å². The van der Waals surface area contributed by atoms with Crippen LogP contribution in [0.15, 0.2) is 44.4 Å². The number of rotatable bonds is 2. The van der Waals surface area contributed by atoms with Crippen molar-refractivity contribution in [3.63, 3.8) is 0 Å². The third-order valence-electron chi connectivity index (χ3n) is 3.42. The first kappa shape index (κ1) is 16.6. The maximum Gasteiger partial charge on any atom is 0.336 e. The van der Waals surface area contributed by atoms with Gasteiger partial charge in [0.15, 0.2) is 10.7 Å². The molecule has 8 nitrogen and oxygen atoms in total. The van der Waals surface area contributed by atoms with E-state index in [0.717, 1.165) is 30.3 Å². The van der Waals surface area contributed by atoms with Crippen molar-refractivity contribution in [2.24, 2.45) is 0 Å². The van der Waals surface area contributed by atoms with Gasteiger partial charge in [0.1, 0.15) is 28.2 Å². The largest absolute Gasteiger partial charge is 0.508 e. The SMILES string of the molecule is O=c1c(O)c(-c2cccc(O)c2S(=O)(=O)F)oc2cc(O)cc(O)c12. The predicted octanol–water partition coefficient (Wildman–Crippen LogP) is 1.94. The molecule has 0 saturated carbocycles. The van der Waals surface area contributed by atoms with E-state index in [1.807, 2.05) is 0 Å². The molecule has 2 aromatic carbocycles. The van der Waals surface area contributed by atoms with E-state index in [-0.39, 0.29) is 5.58 Å². The summed E-state index contributed by atoms with van der Waals surface area (Å²) in [6, 6.07) is 4.81. The Hall–Kier alpha value is -3.27. The summed E-state index contributed by atoms with van der Waals surface area (Å²) < 4.78 is 41.3. The monoisotopic (exact) mass is 368 g/mol. The predicted molar refractivity (Wildman–Crippen MR) is 82.9 cm³/mol. The molecule has 0 aliphatic rings. The Morgan fingerprint density at radius 2 is 1.68 bits per heavy atom. The van der Waals surface area contributed by atoms with Crippen LogP contribution in [0.2, 0.25) is 0 Å². The van der Waals surface area contributed by atoms with Gasteiger partial charge in [0.2, 0.25) is 11.2 Å². The van der Waals surface area contributed by atoms with Crippen molar-refractivity contribution < 1.29 is 37.1 Å². The van der Waals surface area contributed by atoms with Crippen LogP contribution in [0.4, 0.5) is 3.89 Å². The lowest BCUT2D eigenvalue weighted by Gasteiger charge is -2.10. The Morgan fingerprint density at radius 1 is 1.00 bits per heavy atom. The molecule has 0 bridgehead atoms. The summed E-state index contributed by atoms with van der Waals surface area (Å²) in [5.41, 5.74) is -2.14.